The summed E-state index contributed by atoms with van der Waals surface area (Å²) >= 11 is 0. The first kappa shape index (κ1) is 24.0. The summed E-state index contributed by atoms with van der Waals surface area (Å²) in [7, 11) is 0. The molecule has 3 saturated carbocycles. The predicted octanol–water partition coefficient (Wildman–Crippen LogP) is 8.65. The van der Waals surface area contributed by atoms with E-state index in [4.69, 9.17) is 9.47 Å². The van der Waals surface area contributed by atoms with E-state index in [9.17, 15) is 4.39 Å². The van der Waals surface area contributed by atoms with Crippen LogP contribution in [0.15, 0.2) is 24.3 Å². The molecule has 0 radical (unpaired) electrons. The summed E-state index contributed by atoms with van der Waals surface area (Å²) < 4.78 is 27.4. The van der Waals surface area contributed by atoms with Crippen LogP contribution in [0.3, 0.4) is 0 Å². The van der Waals surface area contributed by atoms with Crippen LogP contribution < -0.4 is 4.74 Å². The Morgan fingerprint density at radius 3 is 2.25 bits per heavy atom. The highest BCUT2D eigenvalue weighted by atomic mass is 19.1. The van der Waals surface area contributed by atoms with Gasteiger partial charge in [-0.2, -0.15) is 0 Å². The lowest BCUT2D eigenvalue weighted by molar-refractivity contribution is -0.199. The van der Waals surface area contributed by atoms with Crippen LogP contribution in [0.2, 0.25) is 0 Å². The summed E-state index contributed by atoms with van der Waals surface area (Å²) in [6.45, 7) is 7.51. The zero-order valence-electron chi connectivity index (χ0n) is 20.7. The van der Waals surface area contributed by atoms with Gasteiger partial charge in [0.15, 0.2) is 0 Å². The Balaban J connectivity index is 1.49. The molecule has 180 valence electrons. The molecule has 0 aliphatic heterocycles. The first-order valence-electron chi connectivity index (χ1n) is 13.5. The minimum Gasteiger partial charge on any atom is -0.464 e. The molecular formula is C29H45FO2. The van der Waals surface area contributed by atoms with Crippen molar-refractivity contribution in [2.75, 3.05) is 6.61 Å². The molecule has 4 atom stereocenters. The van der Waals surface area contributed by atoms with Crippen LogP contribution in [0.5, 0.6) is 5.75 Å². The average molecular weight is 445 g/mol. The molecule has 0 N–H and O–H groups in total. The second kappa shape index (κ2) is 10.9. The Morgan fingerprint density at radius 2 is 1.62 bits per heavy atom. The average Bonchev–Trinajstić information content (AvgIpc) is 2.78. The summed E-state index contributed by atoms with van der Waals surface area (Å²) in [6.07, 6.45) is 13.8. The molecule has 0 aromatic heterocycles. The van der Waals surface area contributed by atoms with Crippen LogP contribution in [0, 0.1) is 29.1 Å². The van der Waals surface area contributed by atoms with Crippen LogP contribution in [0.1, 0.15) is 110 Å². The molecule has 4 rings (SSSR count). The van der Waals surface area contributed by atoms with Gasteiger partial charge in [0.05, 0.1) is 6.61 Å². The van der Waals surface area contributed by atoms with Gasteiger partial charge in [0.2, 0.25) is 6.29 Å². The van der Waals surface area contributed by atoms with E-state index >= 15 is 0 Å². The maximum atomic E-state index is 14.1. The largest absolute Gasteiger partial charge is 0.464 e. The first-order valence-corrected chi connectivity index (χ1v) is 13.5. The third-order valence-electron chi connectivity index (χ3n) is 8.54. The van der Waals surface area contributed by atoms with Gasteiger partial charge in [-0.05, 0) is 86.3 Å². The lowest BCUT2D eigenvalue weighted by Gasteiger charge is -2.52. The highest BCUT2D eigenvalue weighted by Gasteiger charge is 2.50. The normalized spacial score (nSPS) is 32.9. The molecular weight excluding hydrogens is 399 g/mol. The van der Waals surface area contributed by atoms with E-state index in [2.05, 4.69) is 13.8 Å². The molecule has 1 aromatic rings. The first-order chi connectivity index (χ1) is 15.5. The van der Waals surface area contributed by atoms with Crippen molar-refractivity contribution >= 4 is 0 Å². The van der Waals surface area contributed by atoms with E-state index in [1.54, 1.807) is 0 Å². The monoisotopic (exact) mass is 444 g/mol. The van der Waals surface area contributed by atoms with Gasteiger partial charge < -0.3 is 9.47 Å². The zero-order chi connectivity index (χ0) is 22.6. The Bertz CT molecular complexity index is 676. The zero-order valence-corrected chi connectivity index (χ0v) is 20.7. The molecule has 3 aliphatic carbocycles. The fourth-order valence-corrected chi connectivity index (χ4v) is 7.34. The van der Waals surface area contributed by atoms with Gasteiger partial charge in [0.1, 0.15) is 11.9 Å². The number of rotatable bonds is 9. The molecule has 3 heteroatoms. The highest BCUT2D eigenvalue weighted by Crippen LogP contribution is 2.55. The van der Waals surface area contributed by atoms with E-state index in [-0.39, 0.29) is 11.7 Å². The molecule has 3 fully saturated rings. The summed E-state index contributed by atoms with van der Waals surface area (Å²) in [6, 6.07) is 7.66. The summed E-state index contributed by atoms with van der Waals surface area (Å²) in [4.78, 5) is 0. The highest BCUT2D eigenvalue weighted by molar-refractivity contribution is 5.28. The minimum atomic E-state index is -0.899. The van der Waals surface area contributed by atoms with E-state index in [1.807, 2.05) is 31.2 Å². The van der Waals surface area contributed by atoms with Crippen molar-refractivity contribution in [3.8, 4) is 5.75 Å². The fourth-order valence-electron chi connectivity index (χ4n) is 7.34. The Kier molecular flexibility index (Phi) is 8.18. The lowest BCUT2D eigenvalue weighted by atomic mass is 9.56. The fraction of sp³-hybridized carbons (Fsp3) is 0.793. The quantitative estimate of drug-likeness (QED) is 0.355. The van der Waals surface area contributed by atoms with Crippen LogP contribution in [-0.4, -0.2) is 12.9 Å². The summed E-state index contributed by atoms with van der Waals surface area (Å²) in [5, 5.41) is 0. The van der Waals surface area contributed by atoms with Crippen LogP contribution >= 0.6 is 0 Å². The number of fused-ring (bicyclic) bond motifs is 2. The maximum Gasteiger partial charge on any atom is 0.205 e. The number of benzene rings is 1. The molecule has 0 spiro atoms. The molecule has 2 nitrogen and oxygen atoms in total. The summed E-state index contributed by atoms with van der Waals surface area (Å²) in [5.74, 6) is 3.90. The van der Waals surface area contributed by atoms with Gasteiger partial charge in [-0.3, -0.25) is 0 Å². The SMILES string of the molecule is CCC(F)c1ccc(OC(OCCC2CCCCC2)C23CC(C)CC(CC(C)C2)C3)cc1. The van der Waals surface area contributed by atoms with Gasteiger partial charge in [-0.1, -0.05) is 65.0 Å². The number of alkyl halides is 1. The Hall–Kier alpha value is -1.09. The Labute approximate surface area is 195 Å². The number of ether oxygens (including phenoxy) is 2. The third kappa shape index (κ3) is 5.88. The standard InChI is InChI=1S/C29H45FO2/c1-4-27(30)25-10-12-26(13-11-25)32-28(31-15-14-23-8-6-5-7-9-23)29-18-21(2)16-24(20-29)17-22(3)19-29/h10-13,21-24,27-28H,4-9,14-20H2,1-3H3. The topological polar surface area (TPSA) is 18.5 Å². The second-order valence-corrected chi connectivity index (χ2v) is 11.6. The van der Waals surface area contributed by atoms with Crippen molar-refractivity contribution in [2.24, 2.45) is 29.1 Å². The molecule has 32 heavy (non-hydrogen) atoms. The van der Waals surface area contributed by atoms with Crippen molar-refractivity contribution in [3.63, 3.8) is 0 Å². The van der Waals surface area contributed by atoms with E-state index < -0.39 is 6.17 Å². The molecule has 0 heterocycles. The second-order valence-electron chi connectivity index (χ2n) is 11.6. The molecule has 0 amide bonds. The lowest BCUT2D eigenvalue weighted by Crippen LogP contribution is -2.50. The molecule has 0 saturated heterocycles. The number of hydrogen-bond acceptors (Lipinski definition) is 2. The van der Waals surface area contributed by atoms with Crippen molar-refractivity contribution in [1.82, 2.24) is 0 Å². The smallest absolute Gasteiger partial charge is 0.205 e. The Morgan fingerprint density at radius 1 is 0.969 bits per heavy atom. The summed E-state index contributed by atoms with van der Waals surface area (Å²) in [5.41, 5.74) is 0.850. The van der Waals surface area contributed by atoms with Crippen LogP contribution in [-0.2, 0) is 4.74 Å². The van der Waals surface area contributed by atoms with Gasteiger partial charge >= 0.3 is 0 Å². The van der Waals surface area contributed by atoms with E-state index in [1.165, 1.54) is 64.2 Å². The third-order valence-corrected chi connectivity index (χ3v) is 8.54. The molecule has 2 bridgehead atoms. The van der Waals surface area contributed by atoms with E-state index in [0.29, 0.717) is 6.42 Å². The van der Waals surface area contributed by atoms with Gasteiger partial charge in [-0.15, -0.1) is 0 Å². The van der Waals surface area contributed by atoms with Crippen molar-refractivity contribution in [3.05, 3.63) is 29.8 Å². The van der Waals surface area contributed by atoms with Gasteiger partial charge in [0, 0.05) is 5.41 Å². The number of hydrogen-bond donors (Lipinski definition) is 0. The molecule has 4 unspecified atom stereocenters. The van der Waals surface area contributed by atoms with Crippen molar-refractivity contribution in [2.45, 2.75) is 110 Å². The van der Waals surface area contributed by atoms with Crippen molar-refractivity contribution < 1.29 is 13.9 Å². The number of halogens is 1. The van der Waals surface area contributed by atoms with Crippen molar-refractivity contribution in [1.29, 1.82) is 0 Å². The minimum absolute atomic E-state index is 0.108. The van der Waals surface area contributed by atoms with Crippen LogP contribution in [0.25, 0.3) is 0 Å². The van der Waals surface area contributed by atoms with Crippen LogP contribution in [0.4, 0.5) is 4.39 Å². The van der Waals surface area contributed by atoms with Gasteiger partial charge in [-0.25, -0.2) is 4.39 Å². The maximum absolute atomic E-state index is 14.1. The van der Waals surface area contributed by atoms with Gasteiger partial charge in [0.25, 0.3) is 0 Å². The van der Waals surface area contributed by atoms with E-state index in [0.717, 1.165) is 48.0 Å². The molecule has 1 aromatic carbocycles. The predicted molar refractivity (Wildman–Crippen MR) is 129 cm³/mol. The molecule has 3 aliphatic rings.